The molecule has 90 valence electrons. The van der Waals surface area contributed by atoms with Gasteiger partial charge in [-0.3, -0.25) is 0 Å². The topological polar surface area (TPSA) is 75.7 Å². The van der Waals surface area contributed by atoms with E-state index in [4.69, 9.17) is 4.74 Å². The lowest BCUT2D eigenvalue weighted by molar-refractivity contribution is 0.214. The third-order valence-electron chi connectivity index (χ3n) is 3.04. The molecule has 1 fully saturated rings. The second-order valence-electron chi connectivity index (χ2n) is 4.30. The summed E-state index contributed by atoms with van der Waals surface area (Å²) in [5.41, 5.74) is 1.42. The van der Waals surface area contributed by atoms with Gasteiger partial charge in [0, 0.05) is 12.5 Å². The Bertz CT molecular complexity index is 491. The standard InChI is InChI=1S/C11H15N5O/c1-2-8(4-12-3-1)5-17-11-9-10(14-6-13-9)15-7-16-11/h6-8,12H,1-5H2,(H,13,14,15,16). The summed E-state index contributed by atoms with van der Waals surface area (Å²) in [6.07, 6.45) is 5.52. The highest BCUT2D eigenvalue weighted by atomic mass is 16.5. The molecule has 1 saturated heterocycles. The van der Waals surface area contributed by atoms with Gasteiger partial charge in [-0.2, -0.15) is 4.98 Å². The van der Waals surface area contributed by atoms with E-state index in [1.165, 1.54) is 19.2 Å². The molecule has 0 spiro atoms. The van der Waals surface area contributed by atoms with Crippen LogP contribution in [-0.4, -0.2) is 39.6 Å². The number of imidazole rings is 1. The minimum Gasteiger partial charge on any atom is -0.476 e. The number of H-pyrrole nitrogens is 1. The van der Waals surface area contributed by atoms with Crippen LogP contribution in [0.25, 0.3) is 11.2 Å². The number of aromatic nitrogens is 4. The first kappa shape index (κ1) is 10.5. The molecule has 6 nitrogen and oxygen atoms in total. The van der Waals surface area contributed by atoms with Crippen LogP contribution in [-0.2, 0) is 0 Å². The molecule has 17 heavy (non-hydrogen) atoms. The highest BCUT2D eigenvalue weighted by Crippen LogP contribution is 2.19. The van der Waals surface area contributed by atoms with Crippen LogP contribution in [0.1, 0.15) is 12.8 Å². The number of nitrogens with zero attached hydrogens (tertiary/aromatic N) is 3. The molecule has 0 saturated carbocycles. The fourth-order valence-electron chi connectivity index (χ4n) is 2.12. The zero-order valence-corrected chi connectivity index (χ0v) is 9.52. The molecule has 2 N–H and O–H groups in total. The summed E-state index contributed by atoms with van der Waals surface area (Å²) in [4.78, 5) is 15.3. The fourth-order valence-corrected chi connectivity index (χ4v) is 2.12. The molecule has 0 bridgehead atoms. The van der Waals surface area contributed by atoms with Crippen LogP contribution in [0.15, 0.2) is 12.7 Å². The average molecular weight is 233 g/mol. The van der Waals surface area contributed by atoms with Crippen LogP contribution in [0.5, 0.6) is 5.88 Å². The molecule has 1 unspecified atom stereocenters. The third kappa shape index (κ3) is 2.21. The Balaban J connectivity index is 1.69. The molecular weight excluding hydrogens is 218 g/mol. The highest BCUT2D eigenvalue weighted by molar-refractivity contribution is 5.74. The maximum absolute atomic E-state index is 5.75. The molecule has 3 heterocycles. The Kier molecular flexibility index (Phi) is 2.87. The van der Waals surface area contributed by atoms with Crippen LogP contribution < -0.4 is 10.1 Å². The SMILES string of the molecule is c1nc(OCC2CCCNC2)c2[nH]cnc2n1. The first-order chi connectivity index (χ1) is 8.43. The van der Waals surface area contributed by atoms with Crippen molar-refractivity contribution >= 4 is 11.2 Å². The Labute approximate surface area is 98.8 Å². The van der Waals surface area contributed by atoms with E-state index in [-0.39, 0.29) is 0 Å². The van der Waals surface area contributed by atoms with Gasteiger partial charge < -0.3 is 15.0 Å². The maximum Gasteiger partial charge on any atom is 0.243 e. The number of piperidine rings is 1. The van der Waals surface area contributed by atoms with Crippen molar-refractivity contribution in [3.8, 4) is 5.88 Å². The van der Waals surface area contributed by atoms with Gasteiger partial charge in [0.15, 0.2) is 5.65 Å². The van der Waals surface area contributed by atoms with Crippen molar-refractivity contribution in [2.24, 2.45) is 5.92 Å². The fraction of sp³-hybridized carbons (Fsp3) is 0.545. The zero-order chi connectivity index (χ0) is 11.5. The summed E-state index contributed by atoms with van der Waals surface area (Å²) < 4.78 is 5.75. The molecule has 1 aliphatic rings. The average Bonchev–Trinajstić information content (AvgIpc) is 2.86. The number of hydrogen-bond donors (Lipinski definition) is 2. The molecular formula is C11H15N5O. The molecule has 0 aliphatic carbocycles. The Morgan fingerprint density at radius 3 is 3.24 bits per heavy atom. The molecule has 3 rings (SSSR count). The van der Waals surface area contributed by atoms with E-state index in [2.05, 4.69) is 25.3 Å². The second kappa shape index (κ2) is 4.67. The third-order valence-corrected chi connectivity index (χ3v) is 3.04. The summed E-state index contributed by atoms with van der Waals surface area (Å²) in [6.45, 7) is 2.84. The molecule has 1 atom stereocenters. The number of rotatable bonds is 3. The van der Waals surface area contributed by atoms with Gasteiger partial charge in [-0.25, -0.2) is 9.97 Å². The minimum absolute atomic E-state index is 0.566. The lowest BCUT2D eigenvalue weighted by Gasteiger charge is -2.22. The molecule has 6 heteroatoms. The predicted octanol–water partition coefficient (Wildman–Crippen LogP) is 0.731. The van der Waals surface area contributed by atoms with E-state index in [9.17, 15) is 0 Å². The zero-order valence-electron chi connectivity index (χ0n) is 9.52. The van der Waals surface area contributed by atoms with Gasteiger partial charge in [0.1, 0.15) is 11.8 Å². The first-order valence-electron chi connectivity index (χ1n) is 5.91. The summed E-state index contributed by atoms with van der Waals surface area (Å²) >= 11 is 0. The molecule has 2 aromatic heterocycles. The Morgan fingerprint density at radius 2 is 2.35 bits per heavy atom. The quantitative estimate of drug-likeness (QED) is 0.817. The molecule has 0 aromatic carbocycles. The summed E-state index contributed by atoms with van der Waals surface area (Å²) in [7, 11) is 0. The van der Waals surface area contributed by atoms with Gasteiger partial charge in [-0.15, -0.1) is 0 Å². The normalized spacial score (nSPS) is 20.6. The number of nitrogens with one attached hydrogen (secondary N) is 2. The number of fused-ring (bicyclic) bond motifs is 1. The van der Waals surface area contributed by atoms with Crippen molar-refractivity contribution < 1.29 is 4.74 Å². The summed E-state index contributed by atoms with van der Waals surface area (Å²) in [5.74, 6) is 1.16. The lowest BCUT2D eigenvalue weighted by atomic mass is 10.0. The predicted molar refractivity (Wildman–Crippen MR) is 62.8 cm³/mol. The van der Waals surface area contributed by atoms with Crippen molar-refractivity contribution in [1.82, 2.24) is 25.3 Å². The van der Waals surface area contributed by atoms with Gasteiger partial charge in [0.25, 0.3) is 0 Å². The van der Waals surface area contributed by atoms with Crippen molar-refractivity contribution in [3.05, 3.63) is 12.7 Å². The van der Waals surface area contributed by atoms with Crippen LogP contribution in [0.4, 0.5) is 0 Å². The van der Waals surface area contributed by atoms with Gasteiger partial charge in [-0.1, -0.05) is 0 Å². The summed E-state index contributed by atoms with van der Waals surface area (Å²) in [6, 6.07) is 0. The van der Waals surface area contributed by atoms with Crippen molar-refractivity contribution in [2.45, 2.75) is 12.8 Å². The van der Waals surface area contributed by atoms with E-state index >= 15 is 0 Å². The number of aromatic amines is 1. The molecule has 0 amide bonds. The van der Waals surface area contributed by atoms with Crippen molar-refractivity contribution in [3.63, 3.8) is 0 Å². The van der Waals surface area contributed by atoms with E-state index in [0.717, 1.165) is 18.6 Å². The van der Waals surface area contributed by atoms with Crippen LogP contribution >= 0.6 is 0 Å². The molecule has 2 aromatic rings. The van der Waals surface area contributed by atoms with Gasteiger partial charge >= 0.3 is 0 Å². The summed E-state index contributed by atoms with van der Waals surface area (Å²) in [5, 5.41) is 3.37. The van der Waals surface area contributed by atoms with E-state index < -0.39 is 0 Å². The highest BCUT2D eigenvalue weighted by Gasteiger charge is 2.15. The van der Waals surface area contributed by atoms with Crippen LogP contribution in [0, 0.1) is 5.92 Å². The smallest absolute Gasteiger partial charge is 0.243 e. The van der Waals surface area contributed by atoms with Gasteiger partial charge in [-0.05, 0) is 19.4 Å². The van der Waals surface area contributed by atoms with Gasteiger partial charge in [0.2, 0.25) is 5.88 Å². The van der Waals surface area contributed by atoms with Gasteiger partial charge in [0.05, 0.1) is 12.9 Å². The van der Waals surface area contributed by atoms with Crippen molar-refractivity contribution in [2.75, 3.05) is 19.7 Å². The Hall–Kier alpha value is -1.69. The largest absolute Gasteiger partial charge is 0.476 e. The Morgan fingerprint density at radius 1 is 1.35 bits per heavy atom. The first-order valence-corrected chi connectivity index (χ1v) is 5.91. The number of ether oxygens (including phenoxy) is 1. The monoisotopic (exact) mass is 233 g/mol. The molecule has 0 radical (unpaired) electrons. The van der Waals surface area contributed by atoms with E-state index in [1.807, 2.05) is 0 Å². The van der Waals surface area contributed by atoms with Crippen LogP contribution in [0.2, 0.25) is 0 Å². The lowest BCUT2D eigenvalue weighted by Crippen LogP contribution is -2.33. The van der Waals surface area contributed by atoms with Crippen LogP contribution in [0.3, 0.4) is 0 Å². The van der Waals surface area contributed by atoms with E-state index in [0.29, 0.717) is 24.1 Å². The van der Waals surface area contributed by atoms with E-state index in [1.54, 1.807) is 6.33 Å². The van der Waals surface area contributed by atoms with Crippen molar-refractivity contribution in [1.29, 1.82) is 0 Å². The second-order valence-corrected chi connectivity index (χ2v) is 4.30. The molecule has 1 aliphatic heterocycles. The minimum atomic E-state index is 0.566. The number of hydrogen-bond acceptors (Lipinski definition) is 5. The maximum atomic E-state index is 5.75.